The molecule has 0 spiro atoms. The monoisotopic (exact) mass is 435 g/mol. The number of nitrogens with one attached hydrogen (secondary N) is 1. The molecule has 7 nitrogen and oxygen atoms in total. The topological polar surface area (TPSA) is 85.9 Å². The van der Waals surface area contributed by atoms with Gasteiger partial charge in [0.1, 0.15) is 5.75 Å². The summed E-state index contributed by atoms with van der Waals surface area (Å²) >= 11 is 0. The number of ether oxygens (including phenoxy) is 1. The van der Waals surface area contributed by atoms with Gasteiger partial charge in [-0.1, -0.05) is 19.1 Å². The SMILES string of the molecule is CCC(=O)N1CCN(Cc2c(OC)cc(C)c3[nH]ccc23)C(c2ccc(C(=O)O)cc2)C1. The van der Waals surface area contributed by atoms with Crippen molar-refractivity contribution in [2.75, 3.05) is 26.7 Å². The number of methoxy groups -OCH3 is 1. The number of aromatic amines is 1. The van der Waals surface area contributed by atoms with Gasteiger partial charge in [0, 0.05) is 55.3 Å². The Morgan fingerprint density at radius 1 is 1.19 bits per heavy atom. The maximum absolute atomic E-state index is 12.4. The number of hydrogen-bond donors (Lipinski definition) is 2. The normalized spacial score (nSPS) is 17.0. The molecule has 0 radical (unpaired) electrons. The first-order valence-corrected chi connectivity index (χ1v) is 10.9. The van der Waals surface area contributed by atoms with Crippen molar-refractivity contribution < 1.29 is 19.4 Å². The van der Waals surface area contributed by atoms with Crippen LogP contribution in [0.3, 0.4) is 0 Å². The largest absolute Gasteiger partial charge is 0.496 e. The minimum Gasteiger partial charge on any atom is -0.496 e. The number of carbonyl (C=O) groups is 2. The highest BCUT2D eigenvalue weighted by molar-refractivity contribution is 5.88. The molecule has 168 valence electrons. The smallest absolute Gasteiger partial charge is 0.335 e. The van der Waals surface area contributed by atoms with E-state index in [1.165, 1.54) is 0 Å². The number of rotatable bonds is 6. The Morgan fingerprint density at radius 3 is 2.59 bits per heavy atom. The van der Waals surface area contributed by atoms with Crippen LogP contribution in [0.15, 0.2) is 42.6 Å². The van der Waals surface area contributed by atoms with Gasteiger partial charge in [0.2, 0.25) is 5.91 Å². The van der Waals surface area contributed by atoms with E-state index in [-0.39, 0.29) is 17.5 Å². The van der Waals surface area contributed by atoms with Crippen molar-refractivity contribution in [1.29, 1.82) is 0 Å². The standard InChI is InChI=1S/C25H29N3O4/c1-4-23(29)28-12-11-27(21(15-28)17-5-7-18(8-6-17)25(30)31)14-20-19-9-10-26-24(19)16(2)13-22(20)32-3/h5-10,13,21,26H,4,11-12,14-15H2,1-3H3,(H,30,31). The first-order chi connectivity index (χ1) is 15.4. The molecule has 2 N–H and O–H groups in total. The Bertz CT molecular complexity index is 1140. The Kier molecular flexibility index (Phi) is 6.19. The number of aryl methyl sites for hydroxylation is 1. The molecule has 0 saturated carbocycles. The van der Waals surface area contributed by atoms with Crippen LogP contribution in [0, 0.1) is 6.92 Å². The highest BCUT2D eigenvalue weighted by Gasteiger charge is 2.31. The summed E-state index contributed by atoms with van der Waals surface area (Å²) < 4.78 is 5.73. The van der Waals surface area contributed by atoms with Gasteiger partial charge in [0.25, 0.3) is 0 Å². The lowest BCUT2D eigenvalue weighted by Gasteiger charge is -2.42. The number of nitrogens with zero attached hydrogens (tertiary/aromatic N) is 2. The van der Waals surface area contributed by atoms with Crippen LogP contribution in [0.4, 0.5) is 0 Å². The summed E-state index contributed by atoms with van der Waals surface area (Å²) in [4.78, 5) is 31.3. The highest BCUT2D eigenvalue weighted by Crippen LogP contribution is 2.35. The Hall–Kier alpha value is -3.32. The average molecular weight is 436 g/mol. The summed E-state index contributed by atoms with van der Waals surface area (Å²) in [6.07, 6.45) is 2.42. The molecule has 7 heteroatoms. The Labute approximate surface area is 187 Å². The zero-order valence-electron chi connectivity index (χ0n) is 18.7. The molecule has 32 heavy (non-hydrogen) atoms. The number of H-pyrrole nitrogens is 1. The third-order valence-electron chi connectivity index (χ3n) is 6.38. The third-order valence-corrected chi connectivity index (χ3v) is 6.38. The van der Waals surface area contributed by atoms with Crippen LogP contribution in [-0.2, 0) is 11.3 Å². The van der Waals surface area contributed by atoms with Crippen molar-refractivity contribution in [2.24, 2.45) is 0 Å². The fraction of sp³-hybridized carbons (Fsp3) is 0.360. The number of carboxylic acid groups (broad SMARTS) is 1. The first kappa shape index (κ1) is 21.9. The summed E-state index contributed by atoms with van der Waals surface area (Å²) in [5, 5.41) is 10.4. The molecule has 1 amide bonds. The van der Waals surface area contributed by atoms with E-state index in [2.05, 4.69) is 28.9 Å². The molecule has 1 fully saturated rings. The predicted molar refractivity (Wildman–Crippen MR) is 123 cm³/mol. The predicted octanol–water partition coefficient (Wildman–Crippen LogP) is 3.98. The second kappa shape index (κ2) is 9.04. The van der Waals surface area contributed by atoms with E-state index in [1.807, 2.05) is 30.2 Å². The first-order valence-electron chi connectivity index (χ1n) is 10.9. The van der Waals surface area contributed by atoms with Crippen LogP contribution in [-0.4, -0.2) is 58.5 Å². The van der Waals surface area contributed by atoms with Gasteiger partial charge < -0.3 is 19.7 Å². The quantitative estimate of drug-likeness (QED) is 0.612. The van der Waals surface area contributed by atoms with E-state index in [9.17, 15) is 14.7 Å². The van der Waals surface area contributed by atoms with Crippen molar-refractivity contribution in [3.8, 4) is 5.75 Å². The molecule has 4 rings (SSSR count). The zero-order chi connectivity index (χ0) is 22.8. The summed E-state index contributed by atoms with van der Waals surface area (Å²) in [5.41, 5.74) is 4.59. The van der Waals surface area contributed by atoms with Gasteiger partial charge in [-0.15, -0.1) is 0 Å². The second-order valence-corrected chi connectivity index (χ2v) is 8.25. The molecule has 0 aliphatic carbocycles. The number of piperazine rings is 1. The van der Waals surface area contributed by atoms with E-state index < -0.39 is 5.97 Å². The molecule has 1 atom stereocenters. The number of carboxylic acids is 1. The van der Waals surface area contributed by atoms with Gasteiger partial charge in [-0.3, -0.25) is 9.69 Å². The number of carbonyl (C=O) groups excluding carboxylic acids is 1. The van der Waals surface area contributed by atoms with Crippen LogP contribution in [0.25, 0.3) is 10.9 Å². The van der Waals surface area contributed by atoms with Crippen molar-refractivity contribution in [1.82, 2.24) is 14.8 Å². The number of aromatic carboxylic acids is 1. The van der Waals surface area contributed by atoms with Gasteiger partial charge in [-0.25, -0.2) is 4.79 Å². The molecular formula is C25H29N3O4. The summed E-state index contributed by atoms with van der Waals surface area (Å²) in [6.45, 7) is 6.57. The minimum absolute atomic E-state index is 0.0397. The van der Waals surface area contributed by atoms with Crippen LogP contribution in [0.2, 0.25) is 0 Å². The van der Waals surface area contributed by atoms with Gasteiger partial charge in [0.15, 0.2) is 0 Å². The summed E-state index contributed by atoms with van der Waals surface area (Å²) in [6, 6.07) is 11.1. The average Bonchev–Trinajstić information content (AvgIpc) is 3.31. The highest BCUT2D eigenvalue weighted by atomic mass is 16.5. The minimum atomic E-state index is -0.945. The van der Waals surface area contributed by atoms with Gasteiger partial charge in [-0.2, -0.15) is 0 Å². The van der Waals surface area contributed by atoms with Crippen LogP contribution in [0.1, 0.15) is 46.4 Å². The fourth-order valence-electron chi connectivity index (χ4n) is 4.61. The molecule has 2 heterocycles. The lowest BCUT2D eigenvalue weighted by molar-refractivity contribution is -0.134. The maximum Gasteiger partial charge on any atom is 0.335 e. The maximum atomic E-state index is 12.4. The van der Waals surface area contributed by atoms with Crippen LogP contribution < -0.4 is 4.74 Å². The van der Waals surface area contributed by atoms with E-state index in [4.69, 9.17) is 4.74 Å². The van der Waals surface area contributed by atoms with E-state index >= 15 is 0 Å². The van der Waals surface area contributed by atoms with E-state index in [1.54, 1.807) is 19.2 Å². The second-order valence-electron chi connectivity index (χ2n) is 8.25. The number of fused-ring (bicyclic) bond motifs is 1. The molecule has 0 bridgehead atoms. The summed E-state index contributed by atoms with van der Waals surface area (Å²) in [5.74, 6) is 0.0402. The molecule has 1 aromatic heterocycles. The summed E-state index contributed by atoms with van der Waals surface area (Å²) in [7, 11) is 1.69. The molecule has 1 unspecified atom stereocenters. The number of hydrogen-bond acceptors (Lipinski definition) is 4. The lowest BCUT2D eigenvalue weighted by atomic mass is 9.98. The van der Waals surface area contributed by atoms with E-state index in [0.717, 1.165) is 39.9 Å². The van der Waals surface area contributed by atoms with Crippen molar-refractivity contribution in [3.05, 3.63) is 64.8 Å². The number of aromatic nitrogens is 1. The number of amides is 1. The molecule has 1 aliphatic rings. The zero-order valence-corrected chi connectivity index (χ0v) is 18.7. The molecule has 1 saturated heterocycles. The van der Waals surface area contributed by atoms with Crippen molar-refractivity contribution in [2.45, 2.75) is 32.9 Å². The Balaban J connectivity index is 1.71. The molecule has 3 aromatic rings. The number of benzene rings is 2. The molecular weight excluding hydrogens is 406 g/mol. The van der Waals surface area contributed by atoms with Gasteiger partial charge >= 0.3 is 5.97 Å². The Morgan fingerprint density at radius 2 is 1.94 bits per heavy atom. The van der Waals surface area contributed by atoms with Gasteiger partial charge in [0.05, 0.1) is 18.7 Å². The van der Waals surface area contributed by atoms with Crippen molar-refractivity contribution in [3.63, 3.8) is 0 Å². The molecule has 2 aromatic carbocycles. The molecule has 1 aliphatic heterocycles. The van der Waals surface area contributed by atoms with Gasteiger partial charge in [-0.05, 0) is 42.3 Å². The van der Waals surface area contributed by atoms with Crippen LogP contribution in [0.5, 0.6) is 5.75 Å². The third kappa shape index (κ3) is 4.08. The van der Waals surface area contributed by atoms with Crippen molar-refractivity contribution >= 4 is 22.8 Å². The van der Waals surface area contributed by atoms with E-state index in [0.29, 0.717) is 26.1 Å². The lowest BCUT2D eigenvalue weighted by Crippen LogP contribution is -2.50. The fourth-order valence-corrected chi connectivity index (χ4v) is 4.61. The van der Waals surface area contributed by atoms with Crippen LogP contribution >= 0.6 is 0 Å².